The molecule has 0 spiro atoms. The smallest absolute Gasteiger partial charge is 0.338 e. The average molecular weight is 760 g/mol. The van der Waals surface area contributed by atoms with E-state index in [4.69, 9.17) is 35.9 Å². The molecule has 0 bridgehead atoms. The maximum atomic E-state index is 12.8. The first-order valence-electron chi connectivity index (χ1n) is 13.7. The number of halogens is 2. The van der Waals surface area contributed by atoms with Crippen LogP contribution in [0.2, 0.25) is 0 Å². The van der Waals surface area contributed by atoms with Gasteiger partial charge in [0, 0.05) is 11.3 Å². The van der Waals surface area contributed by atoms with Gasteiger partial charge in [-0.3, -0.25) is 4.79 Å². The Morgan fingerprint density at radius 1 is 1.09 bits per heavy atom. The summed E-state index contributed by atoms with van der Waals surface area (Å²) in [5, 5.41) is 10.5. The summed E-state index contributed by atoms with van der Waals surface area (Å²) in [5.74, 6) is 1.46. The predicted octanol–water partition coefficient (Wildman–Crippen LogP) is 5.40. The van der Waals surface area contributed by atoms with Crippen LogP contribution in [0.4, 0.5) is 0 Å². The molecule has 2 heterocycles. The number of esters is 1. The molecule has 11 nitrogen and oxygen atoms in total. The molecule has 234 valence electrons. The molecular weight excluding hydrogens is 732 g/mol. The van der Waals surface area contributed by atoms with Crippen molar-refractivity contribution >= 4 is 67.3 Å². The van der Waals surface area contributed by atoms with Crippen molar-refractivity contribution in [3.05, 3.63) is 91.5 Å². The fourth-order valence-corrected chi connectivity index (χ4v) is 6.31. The molecule has 0 unspecified atom stereocenters. The highest BCUT2D eigenvalue weighted by molar-refractivity contribution is 9.11. The number of amides is 1. The van der Waals surface area contributed by atoms with E-state index < -0.39 is 17.9 Å². The highest BCUT2D eigenvalue weighted by Gasteiger charge is 2.32. The molecule has 0 aromatic heterocycles. The zero-order valence-corrected chi connectivity index (χ0v) is 28.1. The van der Waals surface area contributed by atoms with Crippen molar-refractivity contribution in [2.45, 2.75) is 26.5 Å². The third-order valence-corrected chi connectivity index (χ3v) is 7.99. The van der Waals surface area contributed by atoms with Gasteiger partial charge in [-0.05, 0) is 99.4 Å². The fourth-order valence-electron chi connectivity index (χ4n) is 4.59. The summed E-state index contributed by atoms with van der Waals surface area (Å²) < 4.78 is 29.3. The molecule has 3 N–H and O–H groups in total. The fraction of sp³-hybridized carbons (Fsp3) is 0.226. The molecule has 0 fully saturated rings. The van der Waals surface area contributed by atoms with Crippen LogP contribution in [-0.2, 0) is 20.9 Å². The lowest BCUT2D eigenvalue weighted by molar-refractivity contribution is -0.139. The first kappa shape index (κ1) is 32.3. The number of rotatable bonds is 11. The van der Waals surface area contributed by atoms with Gasteiger partial charge in [-0.25, -0.2) is 10.2 Å². The monoisotopic (exact) mass is 758 g/mol. The Bertz CT molecular complexity index is 1680. The molecule has 2 aliphatic rings. The van der Waals surface area contributed by atoms with Crippen molar-refractivity contribution < 1.29 is 33.3 Å². The van der Waals surface area contributed by atoms with Gasteiger partial charge < -0.3 is 34.3 Å². The number of para-hydroxylation sites is 1. The van der Waals surface area contributed by atoms with Crippen molar-refractivity contribution in [2.24, 2.45) is 5.10 Å². The van der Waals surface area contributed by atoms with E-state index in [1.165, 1.54) is 6.21 Å². The number of benzene rings is 3. The summed E-state index contributed by atoms with van der Waals surface area (Å²) in [4.78, 5) is 25.4. The van der Waals surface area contributed by atoms with E-state index in [1.807, 2.05) is 30.3 Å². The summed E-state index contributed by atoms with van der Waals surface area (Å²) in [6.45, 7) is 3.92. The molecule has 3 aromatic carbocycles. The summed E-state index contributed by atoms with van der Waals surface area (Å²) in [7, 11) is 0. The topological polar surface area (TPSA) is 129 Å². The minimum absolute atomic E-state index is 0.212. The van der Waals surface area contributed by atoms with Crippen LogP contribution in [0.3, 0.4) is 0 Å². The van der Waals surface area contributed by atoms with Gasteiger partial charge in [0.1, 0.15) is 18.1 Å². The zero-order chi connectivity index (χ0) is 31.9. The van der Waals surface area contributed by atoms with Crippen LogP contribution in [0, 0.1) is 0 Å². The first-order chi connectivity index (χ1) is 21.7. The van der Waals surface area contributed by atoms with E-state index in [9.17, 15) is 9.59 Å². The van der Waals surface area contributed by atoms with E-state index in [2.05, 4.69) is 53.0 Å². The molecule has 45 heavy (non-hydrogen) atoms. The second-order valence-electron chi connectivity index (χ2n) is 9.70. The molecule has 0 radical (unpaired) electrons. The van der Waals surface area contributed by atoms with Crippen LogP contribution in [0.25, 0.3) is 0 Å². The Morgan fingerprint density at radius 2 is 1.84 bits per heavy atom. The maximum Gasteiger partial charge on any atom is 0.338 e. The van der Waals surface area contributed by atoms with Gasteiger partial charge in [0.2, 0.25) is 6.79 Å². The second-order valence-corrected chi connectivity index (χ2v) is 11.8. The molecule has 1 amide bonds. The largest absolute Gasteiger partial charge is 0.487 e. The number of hydrogen-bond donors (Lipinski definition) is 3. The minimum atomic E-state index is -0.629. The van der Waals surface area contributed by atoms with Gasteiger partial charge in [0.15, 0.2) is 23.2 Å². The highest BCUT2D eigenvalue weighted by Crippen LogP contribution is 2.37. The Balaban J connectivity index is 1.18. The standard InChI is InChI=1S/C31H28Br2N4O7S/c1-3-40-30(39)27-17(2)35-31(45)36-28(27)20-6-4-5-7-23(20)41-15-26(38)37-34-13-19-10-21(32)29(22(33)11-19)42-14-18-8-9-24-25(12-18)44-16-43-24/h4-13,28H,3,14-16H2,1-2H3,(H,37,38)(H2,35,36,45)/t28-/m0/s1. The van der Waals surface area contributed by atoms with Gasteiger partial charge in [0.25, 0.3) is 5.91 Å². The quantitative estimate of drug-likeness (QED) is 0.101. The number of hydrazone groups is 1. The van der Waals surface area contributed by atoms with E-state index in [0.29, 0.717) is 66.1 Å². The number of hydrogen-bond acceptors (Lipinski definition) is 9. The van der Waals surface area contributed by atoms with Crippen LogP contribution < -0.4 is 35.0 Å². The lowest BCUT2D eigenvalue weighted by Gasteiger charge is -2.30. The Labute approximate surface area is 281 Å². The second kappa shape index (κ2) is 14.8. The van der Waals surface area contributed by atoms with Gasteiger partial charge in [-0.2, -0.15) is 5.10 Å². The average Bonchev–Trinajstić information content (AvgIpc) is 3.47. The normalized spacial score (nSPS) is 15.4. The van der Waals surface area contributed by atoms with Crippen LogP contribution in [-0.4, -0.2) is 43.2 Å². The number of allylic oxidation sites excluding steroid dienone is 1. The third-order valence-electron chi connectivity index (χ3n) is 6.60. The number of fused-ring (bicyclic) bond motifs is 1. The van der Waals surface area contributed by atoms with Crippen LogP contribution >= 0.6 is 44.1 Å². The van der Waals surface area contributed by atoms with E-state index in [1.54, 1.807) is 38.1 Å². The highest BCUT2D eigenvalue weighted by atomic mass is 79.9. The molecule has 2 aliphatic heterocycles. The molecule has 14 heteroatoms. The number of nitrogens with one attached hydrogen (secondary N) is 3. The molecule has 0 saturated heterocycles. The molecule has 0 aliphatic carbocycles. The number of ether oxygens (including phenoxy) is 5. The number of carbonyl (C=O) groups excluding carboxylic acids is 2. The Kier molecular flexibility index (Phi) is 10.6. The van der Waals surface area contributed by atoms with Crippen molar-refractivity contribution in [1.82, 2.24) is 16.1 Å². The van der Waals surface area contributed by atoms with Gasteiger partial charge in [-0.15, -0.1) is 0 Å². The van der Waals surface area contributed by atoms with Crippen molar-refractivity contribution in [1.29, 1.82) is 0 Å². The van der Waals surface area contributed by atoms with Crippen molar-refractivity contribution in [3.63, 3.8) is 0 Å². The third kappa shape index (κ3) is 7.93. The number of thiocarbonyl (C=S) groups is 1. The SMILES string of the molecule is CCOC(=O)C1=C(C)NC(=S)N[C@H]1c1ccccc1OCC(=O)NN=Cc1cc(Br)c(OCc2ccc3c(c2)OCO3)c(Br)c1. The van der Waals surface area contributed by atoms with Gasteiger partial charge in [-0.1, -0.05) is 24.3 Å². The molecule has 0 saturated carbocycles. The van der Waals surface area contributed by atoms with E-state index in [0.717, 1.165) is 5.56 Å². The molecule has 5 rings (SSSR count). The van der Waals surface area contributed by atoms with Crippen LogP contribution in [0.5, 0.6) is 23.0 Å². The van der Waals surface area contributed by atoms with Crippen LogP contribution in [0.1, 0.15) is 36.6 Å². The maximum absolute atomic E-state index is 12.8. The lowest BCUT2D eigenvalue weighted by atomic mass is 9.95. The number of carbonyl (C=O) groups is 2. The first-order valence-corrected chi connectivity index (χ1v) is 15.7. The van der Waals surface area contributed by atoms with Crippen molar-refractivity contribution in [3.8, 4) is 23.0 Å². The summed E-state index contributed by atoms with van der Waals surface area (Å²) in [6.07, 6.45) is 1.50. The lowest BCUT2D eigenvalue weighted by Crippen LogP contribution is -2.45. The van der Waals surface area contributed by atoms with Gasteiger partial charge >= 0.3 is 5.97 Å². The Hall–Kier alpha value is -4.14. The van der Waals surface area contributed by atoms with Crippen LogP contribution in [0.15, 0.2) is 79.9 Å². The zero-order valence-electron chi connectivity index (χ0n) is 24.1. The summed E-state index contributed by atoms with van der Waals surface area (Å²) >= 11 is 12.4. The van der Waals surface area contributed by atoms with Crippen molar-refractivity contribution in [2.75, 3.05) is 20.0 Å². The summed E-state index contributed by atoms with van der Waals surface area (Å²) in [5.41, 5.74) is 5.67. The minimum Gasteiger partial charge on any atom is -0.487 e. The van der Waals surface area contributed by atoms with E-state index in [-0.39, 0.29) is 20.0 Å². The molecular formula is C31H28Br2N4O7S. The van der Waals surface area contributed by atoms with E-state index >= 15 is 0 Å². The predicted molar refractivity (Wildman–Crippen MR) is 177 cm³/mol. The number of nitrogens with zero attached hydrogens (tertiary/aromatic N) is 1. The summed E-state index contributed by atoms with van der Waals surface area (Å²) in [6, 6.07) is 15.7. The molecule has 3 aromatic rings. The Morgan fingerprint density at radius 3 is 2.62 bits per heavy atom. The van der Waals surface area contributed by atoms with Gasteiger partial charge in [0.05, 0.1) is 33.4 Å². The molecule has 1 atom stereocenters.